The number of allylic oxidation sites excluding steroid dienone is 1. The van der Waals surface area contributed by atoms with E-state index < -0.39 is 12.0 Å². The molecule has 0 fully saturated rings. The van der Waals surface area contributed by atoms with Gasteiger partial charge >= 0.3 is 5.97 Å². The van der Waals surface area contributed by atoms with Crippen LogP contribution in [0.5, 0.6) is 5.75 Å². The summed E-state index contributed by atoms with van der Waals surface area (Å²) in [4.78, 5) is 32.1. The molecule has 37 heavy (non-hydrogen) atoms. The quantitative estimate of drug-likeness (QED) is 0.234. The van der Waals surface area contributed by atoms with Crippen molar-refractivity contribution in [3.05, 3.63) is 90.6 Å². The summed E-state index contributed by atoms with van der Waals surface area (Å²) in [7, 11) is 0. The lowest BCUT2D eigenvalue weighted by molar-refractivity contribution is -0.143. The second-order valence-electron chi connectivity index (χ2n) is 9.07. The van der Waals surface area contributed by atoms with Crippen molar-refractivity contribution in [1.29, 1.82) is 0 Å². The molecule has 0 radical (unpaired) electrons. The zero-order chi connectivity index (χ0) is 27.0. The molecule has 1 atom stereocenters. The van der Waals surface area contributed by atoms with Crippen LogP contribution in [0.4, 0.5) is 0 Å². The number of carbonyl (C=O) groups is 1. The molecule has 2 aromatic carbocycles. The largest absolute Gasteiger partial charge is 0.489 e. The number of nitrogens with zero attached hydrogens (tertiary/aromatic N) is 2. The minimum absolute atomic E-state index is 0.0595. The fourth-order valence-corrected chi connectivity index (χ4v) is 7.23. The first kappa shape index (κ1) is 28.3. The smallest absolute Gasteiger partial charge is 0.338 e. The van der Waals surface area contributed by atoms with Crippen LogP contribution < -0.4 is 19.6 Å². The van der Waals surface area contributed by atoms with Crippen molar-refractivity contribution in [3.8, 4) is 5.75 Å². The molecular formula is C27H25ClI2N2O4S. The first-order valence-corrected chi connectivity index (χ1v) is 15.0. The number of fused-ring (bicyclic) bond motifs is 1. The maximum atomic E-state index is 13.8. The predicted molar refractivity (Wildman–Crippen MR) is 164 cm³/mol. The Morgan fingerprint density at radius 1 is 1.11 bits per heavy atom. The van der Waals surface area contributed by atoms with Gasteiger partial charge in [0.2, 0.25) is 0 Å². The predicted octanol–water partition coefficient (Wildman–Crippen LogP) is 5.84. The number of esters is 1. The van der Waals surface area contributed by atoms with Crippen molar-refractivity contribution in [3.63, 3.8) is 0 Å². The number of ether oxygens (including phenoxy) is 2. The first-order valence-electron chi connectivity index (χ1n) is 11.6. The molecule has 0 N–H and O–H groups in total. The van der Waals surface area contributed by atoms with E-state index in [2.05, 4.69) is 50.2 Å². The van der Waals surface area contributed by atoms with E-state index in [0.29, 0.717) is 25.6 Å². The number of carbonyl (C=O) groups excluding carboxylic acids is 1. The van der Waals surface area contributed by atoms with Crippen LogP contribution in [0.2, 0.25) is 5.02 Å². The van der Waals surface area contributed by atoms with Crippen LogP contribution in [-0.2, 0) is 9.53 Å². The van der Waals surface area contributed by atoms with E-state index in [4.69, 9.17) is 21.1 Å². The summed E-state index contributed by atoms with van der Waals surface area (Å²) in [6.07, 6.45) is 1.61. The van der Waals surface area contributed by atoms with Gasteiger partial charge in [-0.1, -0.05) is 35.1 Å². The Morgan fingerprint density at radius 2 is 1.73 bits per heavy atom. The van der Waals surface area contributed by atoms with Crippen LogP contribution in [0.15, 0.2) is 57.5 Å². The van der Waals surface area contributed by atoms with E-state index in [1.165, 1.54) is 11.3 Å². The molecule has 0 amide bonds. The standard InChI is InChI=1S/C27H25ClI2N2O4S/c1-13(2)35-24-19(29)10-16(11-20(24)30)12-21-25(33)32-23(17-6-8-18(28)9-7-17)22(26(34)36-14(3)4)15(5)31-27(32)37-21/h6-14,23H,1-5H3/b21-12-/t23-/m0/s1. The summed E-state index contributed by atoms with van der Waals surface area (Å²) in [6, 6.07) is 10.4. The number of halogens is 3. The lowest BCUT2D eigenvalue weighted by Gasteiger charge is -2.25. The van der Waals surface area contributed by atoms with Crippen LogP contribution in [0.3, 0.4) is 0 Å². The highest BCUT2D eigenvalue weighted by Crippen LogP contribution is 2.32. The normalized spacial score (nSPS) is 15.7. The Morgan fingerprint density at radius 3 is 2.30 bits per heavy atom. The highest BCUT2D eigenvalue weighted by Gasteiger charge is 2.33. The van der Waals surface area contributed by atoms with Crippen LogP contribution >= 0.6 is 68.1 Å². The third-order valence-electron chi connectivity index (χ3n) is 5.44. The minimum atomic E-state index is -0.677. The SMILES string of the molecule is CC1=C(C(=O)OC(C)C)[C@H](c2ccc(Cl)cc2)n2c(s/c(=C\c3cc(I)c(OC(C)C)c(I)c3)c2=O)=N1. The molecule has 194 valence electrons. The van der Waals surface area contributed by atoms with Gasteiger partial charge in [0, 0.05) is 5.02 Å². The zero-order valence-corrected chi connectivity index (χ0v) is 26.7. The number of aromatic nitrogens is 1. The molecule has 10 heteroatoms. The number of hydrogen-bond donors (Lipinski definition) is 0. The van der Waals surface area contributed by atoms with Gasteiger partial charge in [-0.05, 0) is 121 Å². The van der Waals surface area contributed by atoms with Gasteiger partial charge in [0.05, 0.1) is 41.2 Å². The molecule has 3 aromatic rings. The van der Waals surface area contributed by atoms with E-state index in [1.54, 1.807) is 37.5 Å². The van der Waals surface area contributed by atoms with Crippen molar-refractivity contribution >= 4 is 80.2 Å². The summed E-state index contributed by atoms with van der Waals surface area (Å²) >= 11 is 11.9. The molecule has 0 saturated carbocycles. The zero-order valence-electron chi connectivity index (χ0n) is 20.8. The average molecular weight is 763 g/mol. The summed E-state index contributed by atoms with van der Waals surface area (Å²) < 4.78 is 15.5. The topological polar surface area (TPSA) is 69.9 Å². The number of thiazole rings is 1. The average Bonchev–Trinajstić information content (AvgIpc) is 3.09. The second kappa shape index (κ2) is 11.6. The highest BCUT2D eigenvalue weighted by atomic mass is 127. The highest BCUT2D eigenvalue weighted by molar-refractivity contribution is 14.1. The van der Waals surface area contributed by atoms with Crippen molar-refractivity contribution < 1.29 is 14.3 Å². The molecule has 1 aromatic heterocycles. The number of rotatable bonds is 6. The fourth-order valence-electron chi connectivity index (χ4n) is 3.98. The molecule has 6 nitrogen and oxygen atoms in total. The van der Waals surface area contributed by atoms with Crippen LogP contribution in [0.25, 0.3) is 6.08 Å². The van der Waals surface area contributed by atoms with Gasteiger partial charge in [-0.25, -0.2) is 9.79 Å². The van der Waals surface area contributed by atoms with Gasteiger partial charge in [-0.3, -0.25) is 9.36 Å². The van der Waals surface area contributed by atoms with E-state index in [-0.39, 0.29) is 17.8 Å². The molecule has 0 aliphatic carbocycles. The summed E-state index contributed by atoms with van der Waals surface area (Å²) in [5, 5.41) is 0.567. The maximum Gasteiger partial charge on any atom is 0.338 e. The van der Waals surface area contributed by atoms with Crippen molar-refractivity contribution in [2.75, 3.05) is 0 Å². The molecule has 0 saturated heterocycles. The van der Waals surface area contributed by atoms with Crippen LogP contribution in [0, 0.1) is 7.14 Å². The first-order chi connectivity index (χ1) is 17.5. The van der Waals surface area contributed by atoms with Crippen LogP contribution in [-0.4, -0.2) is 22.7 Å². The molecular weight excluding hydrogens is 738 g/mol. The third kappa shape index (κ3) is 6.15. The van der Waals surface area contributed by atoms with Gasteiger partial charge in [-0.15, -0.1) is 0 Å². The Labute approximate surface area is 251 Å². The summed E-state index contributed by atoms with van der Waals surface area (Å²) in [5.74, 6) is 0.344. The lowest BCUT2D eigenvalue weighted by atomic mass is 9.96. The Hall–Kier alpha value is -1.70. The molecule has 1 aliphatic heterocycles. The Balaban J connectivity index is 1.89. The minimum Gasteiger partial charge on any atom is -0.489 e. The molecule has 0 spiro atoms. The monoisotopic (exact) mass is 762 g/mol. The van der Waals surface area contributed by atoms with Gasteiger partial charge in [-0.2, -0.15) is 0 Å². The van der Waals surface area contributed by atoms with E-state index in [1.807, 2.05) is 44.2 Å². The number of hydrogen-bond acceptors (Lipinski definition) is 6. The van der Waals surface area contributed by atoms with E-state index in [9.17, 15) is 9.59 Å². The number of benzene rings is 2. The van der Waals surface area contributed by atoms with Crippen molar-refractivity contribution in [2.24, 2.45) is 4.99 Å². The second-order valence-corrected chi connectivity index (χ2v) is 12.8. The summed E-state index contributed by atoms with van der Waals surface area (Å²) in [5.41, 5.74) is 2.28. The van der Waals surface area contributed by atoms with Gasteiger partial charge < -0.3 is 9.47 Å². The molecule has 2 heterocycles. The van der Waals surface area contributed by atoms with Crippen LogP contribution in [0.1, 0.15) is 51.8 Å². The summed E-state index contributed by atoms with van der Waals surface area (Å²) in [6.45, 7) is 9.34. The van der Waals surface area contributed by atoms with Gasteiger partial charge in [0.25, 0.3) is 5.56 Å². The van der Waals surface area contributed by atoms with Gasteiger partial charge in [0.15, 0.2) is 4.80 Å². The maximum absolute atomic E-state index is 13.8. The fraction of sp³-hybridized carbons (Fsp3) is 0.296. The van der Waals surface area contributed by atoms with E-state index in [0.717, 1.165) is 24.0 Å². The molecule has 0 unspecified atom stereocenters. The van der Waals surface area contributed by atoms with Crippen molar-refractivity contribution in [1.82, 2.24) is 4.57 Å². The van der Waals surface area contributed by atoms with Crippen molar-refractivity contribution in [2.45, 2.75) is 52.9 Å². The third-order valence-corrected chi connectivity index (χ3v) is 8.28. The molecule has 1 aliphatic rings. The van der Waals surface area contributed by atoms with Gasteiger partial charge in [0.1, 0.15) is 5.75 Å². The lowest BCUT2D eigenvalue weighted by Crippen LogP contribution is -2.40. The Kier molecular flexibility index (Phi) is 8.86. The Bertz CT molecular complexity index is 1550. The molecule has 0 bridgehead atoms. The molecule has 4 rings (SSSR count). The van der Waals surface area contributed by atoms with E-state index >= 15 is 0 Å².